The van der Waals surface area contributed by atoms with Crippen molar-refractivity contribution in [3.63, 3.8) is 0 Å². The summed E-state index contributed by atoms with van der Waals surface area (Å²) in [5.74, 6) is -0.280. The molecule has 1 N–H and O–H groups in total. The van der Waals surface area contributed by atoms with E-state index in [1.807, 2.05) is 0 Å². The van der Waals surface area contributed by atoms with E-state index in [1.165, 1.54) is 12.1 Å². The summed E-state index contributed by atoms with van der Waals surface area (Å²) in [5.41, 5.74) is 1.11. The fourth-order valence-corrected chi connectivity index (χ4v) is 1.36. The van der Waals surface area contributed by atoms with Crippen molar-refractivity contribution in [3.05, 3.63) is 47.3 Å². The molecule has 1 aromatic rings. The zero-order chi connectivity index (χ0) is 12.0. The van der Waals surface area contributed by atoms with Crippen LogP contribution in [0.15, 0.2) is 30.4 Å². The Morgan fingerprint density at radius 3 is 2.94 bits per heavy atom. The molecule has 0 heterocycles. The lowest BCUT2D eigenvalue weighted by atomic mass is 10.1. The Labute approximate surface area is 99.1 Å². The van der Waals surface area contributed by atoms with Gasteiger partial charge in [-0.25, -0.2) is 4.39 Å². The van der Waals surface area contributed by atoms with Gasteiger partial charge in [0.2, 0.25) is 0 Å². The van der Waals surface area contributed by atoms with Crippen LogP contribution in [-0.2, 0) is 0 Å². The highest BCUT2D eigenvalue weighted by Gasteiger charge is 2.08. The zero-order valence-electron chi connectivity index (χ0n) is 8.97. The number of benzene rings is 1. The molecule has 0 spiro atoms. The number of carbonyl (C=O) groups excluding carboxylic acids is 1. The first-order chi connectivity index (χ1) is 7.65. The van der Waals surface area contributed by atoms with E-state index in [2.05, 4.69) is 5.32 Å². The molecule has 0 fully saturated rings. The monoisotopic (exact) mass is 241 g/mol. The number of nitrogens with one attached hydrogen (secondary N) is 1. The summed E-state index contributed by atoms with van der Waals surface area (Å²) in [6.07, 6.45) is 3.49. The Balaban J connectivity index is 2.65. The molecule has 86 valence electrons. The van der Waals surface area contributed by atoms with E-state index in [9.17, 15) is 9.18 Å². The third kappa shape index (κ3) is 3.66. The van der Waals surface area contributed by atoms with E-state index >= 15 is 0 Å². The van der Waals surface area contributed by atoms with Crippen molar-refractivity contribution < 1.29 is 9.18 Å². The van der Waals surface area contributed by atoms with Gasteiger partial charge in [-0.15, -0.1) is 11.6 Å². The van der Waals surface area contributed by atoms with Crippen molar-refractivity contribution in [2.24, 2.45) is 0 Å². The van der Waals surface area contributed by atoms with Gasteiger partial charge < -0.3 is 5.32 Å². The minimum absolute atomic E-state index is 0.281. The van der Waals surface area contributed by atoms with Gasteiger partial charge in [-0.05, 0) is 24.6 Å². The van der Waals surface area contributed by atoms with Gasteiger partial charge in [-0.1, -0.05) is 18.2 Å². The summed E-state index contributed by atoms with van der Waals surface area (Å²) in [4.78, 5) is 11.6. The highest BCUT2D eigenvalue weighted by molar-refractivity contribution is 6.18. The van der Waals surface area contributed by atoms with Crippen LogP contribution < -0.4 is 5.32 Å². The fraction of sp³-hybridized carbons (Fsp3) is 0.250. The number of halogens is 2. The van der Waals surface area contributed by atoms with Crippen LogP contribution in [-0.4, -0.2) is 18.3 Å². The lowest BCUT2D eigenvalue weighted by Gasteiger charge is -2.05. The molecule has 0 aliphatic heterocycles. The smallest absolute Gasteiger partial charge is 0.251 e. The summed E-state index contributed by atoms with van der Waals surface area (Å²) in [7, 11) is 0. The van der Waals surface area contributed by atoms with Gasteiger partial charge in [-0.3, -0.25) is 4.79 Å². The van der Waals surface area contributed by atoms with Crippen LogP contribution in [0.25, 0.3) is 0 Å². The maximum absolute atomic E-state index is 12.9. The van der Waals surface area contributed by atoms with Crippen LogP contribution in [0.5, 0.6) is 0 Å². The second-order valence-corrected chi connectivity index (χ2v) is 3.60. The van der Waals surface area contributed by atoms with Crippen LogP contribution in [0.4, 0.5) is 4.39 Å². The van der Waals surface area contributed by atoms with E-state index in [1.54, 1.807) is 25.1 Å². The largest absolute Gasteiger partial charge is 0.349 e. The Bertz CT molecular complexity index is 404. The molecule has 0 saturated heterocycles. The van der Waals surface area contributed by atoms with Crippen molar-refractivity contribution in [3.8, 4) is 0 Å². The molecule has 0 bridgehead atoms. The van der Waals surface area contributed by atoms with Crippen LogP contribution in [0, 0.1) is 12.7 Å². The highest BCUT2D eigenvalue weighted by Crippen LogP contribution is 2.09. The minimum Gasteiger partial charge on any atom is -0.349 e. The maximum atomic E-state index is 12.9. The number of rotatable bonds is 4. The van der Waals surface area contributed by atoms with Crippen molar-refractivity contribution in [1.29, 1.82) is 0 Å². The lowest BCUT2D eigenvalue weighted by molar-refractivity contribution is 0.0957. The summed E-state index contributed by atoms with van der Waals surface area (Å²) in [6, 6.07) is 4.15. The fourth-order valence-electron chi connectivity index (χ4n) is 1.23. The first kappa shape index (κ1) is 12.7. The van der Waals surface area contributed by atoms with E-state index in [0.717, 1.165) is 5.56 Å². The van der Waals surface area contributed by atoms with Gasteiger partial charge in [0.25, 0.3) is 5.91 Å². The van der Waals surface area contributed by atoms with Crippen molar-refractivity contribution >= 4 is 17.5 Å². The molecule has 1 rings (SSSR count). The summed E-state index contributed by atoms with van der Waals surface area (Å²) >= 11 is 5.43. The lowest BCUT2D eigenvalue weighted by Crippen LogP contribution is -2.24. The second kappa shape index (κ2) is 6.28. The third-order valence-electron chi connectivity index (χ3n) is 2.08. The number of alkyl halides is 1. The highest BCUT2D eigenvalue weighted by atomic mass is 35.5. The van der Waals surface area contributed by atoms with Gasteiger partial charge in [0, 0.05) is 18.0 Å². The molecule has 2 nitrogen and oxygen atoms in total. The number of carbonyl (C=O) groups is 1. The SMILES string of the molecule is Cc1ccc(F)cc1C(=O)NC/C=C/CCl. The van der Waals surface area contributed by atoms with E-state index < -0.39 is 5.82 Å². The predicted octanol–water partition coefficient (Wildman–Crippen LogP) is 2.66. The molecule has 0 aromatic heterocycles. The van der Waals surface area contributed by atoms with Gasteiger partial charge >= 0.3 is 0 Å². The standard InChI is InChI=1S/C12H13ClFNO/c1-9-4-5-10(14)8-11(9)12(16)15-7-3-2-6-13/h2-5,8H,6-7H2,1H3,(H,15,16)/b3-2+. The summed E-state index contributed by atoms with van der Waals surface area (Å²) in [5, 5.41) is 2.65. The molecule has 0 aliphatic carbocycles. The van der Waals surface area contributed by atoms with Crippen LogP contribution >= 0.6 is 11.6 Å². The van der Waals surface area contributed by atoms with Gasteiger partial charge in [0.05, 0.1) is 0 Å². The van der Waals surface area contributed by atoms with Gasteiger partial charge in [0.1, 0.15) is 5.82 Å². The molecular formula is C12H13ClFNO. The van der Waals surface area contributed by atoms with Crippen molar-refractivity contribution in [2.45, 2.75) is 6.92 Å². The number of hydrogen-bond donors (Lipinski definition) is 1. The molecule has 0 radical (unpaired) electrons. The number of amides is 1. The number of aryl methyl sites for hydroxylation is 1. The average Bonchev–Trinajstić information content (AvgIpc) is 2.27. The molecule has 0 saturated carbocycles. The molecule has 1 amide bonds. The van der Waals surface area contributed by atoms with Gasteiger partial charge in [-0.2, -0.15) is 0 Å². The Morgan fingerprint density at radius 2 is 2.25 bits per heavy atom. The quantitative estimate of drug-likeness (QED) is 0.637. The van der Waals surface area contributed by atoms with Crippen LogP contribution in [0.2, 0.25) is 0 Å². The van der Waals surface area contributed by atoms with Crippen molar-refractivity contribution in [1.82, 2.24) is 5.32 Å². The number of allylic oxidation sites excluding steroid dienone is 1. The topological polar surface area (TPSA) is 29.1 Å². The van der Waals surface area contributed by atoms with Crippen LogP contribution in [0.3, 0.4) is 0 Å². The molecule has 0 aliphatic rings. The summed E-state index contributed by atoms with van der Waals surface area (Å²) in [6.45, 7) is 2.16. The summed E-state index contributed by atoms with van der Waals surface area (Å²) < 4.78 is 12.9. The second-order valence-electron chi connectivity index (χ2n) is 3.29. The van der Waals surface area contributed by atoms with E-state index in [-0.39, 0.29) is 5.91 Å². The molecule has 16 heavy (non-hydrogen) atoms. The minimum atomic E-state index is -0.410. The average molecular weight is 242 g/mol. The zero-order valence-corrected chi connectivity index (χ0v) is 9.72. The normalized spacial score (nSPS) is 10.7. The maximum Gasteiger partial charge on any atom is 0.251 e. The predicted molar refractivity (Wildman–Crippen MR) is 63.3 cm³/mol. The number of hydrogen-bond acceptors (Lipinski definition) is 1. The Morgan fingerprint density at radius 1 is 1.50 bits per heavy atom. The van der Waals surface area contributed by atoms with E-state index in [4.69, 9.17) is 11.6 Å². The molecule has 0 unspecified atom stereocenters. The molecule has 4 heteroatoms. The van der Waals surface area contributed by atoms with Crippen LogP contribution in [0.1, 0.15) is 15.9 Å². The molecule has 1 aromatic carbocycles. The Kier molecular flexibility index (Phi) is 4.99. The van der Waals surface area contributed by atoms with Gasteiger partial charge in [0.15, 0.2) is 0 Å². The third-order valence-corrected chi connectivity index (χ3v) is 2.26. The Hall–Kier alpha value is -1.35. The first-order valence-electron chi connectivity index (χ1n) is 4.90. The first-order valence-corrected chi connectivity index (χ1v) is 5.44. The molecule has 0 atom stereocenters. The molecular weight excluding hydrogens is 229 g/mol. The van der Waals surface area contributed by atoms with Crippen molar-refractivity contribution in [2.75, 3.05) is 12.4 Å². The van der Waals surface area contributed by atoms with E-state index in [0.29, 0.717) is 18.0 Å².